The van der Waals surface area contributed by atoms with Crippen molar-refractivity contribution in [2.24, 2.45) is 0 Å². The molecule has 0 saturated carbocycles. The number of fused-ring (bicyclic) bond motifs is 1. The highest BCUT2D eigenvalue weighted by molar-refractivity contribution is 5.85. The quantitative estimate of drug-likeness (QED) is 0.781. The summed E-state index contributed by atoms with van der Waals surface area (Å²) in [5.74, 6) is 0. The van der Waals surface area contributed by atoms with E-state index in [0.717, 1.165) is 6.07 Å². The van der Waals surface area contributed by atoms with Crippen LogP contribution in [-0.2, 0) is 6.18 Å². The van der Waals surface area contributed by atoms with Gasteiger partial charge in [0, 0.05) is 5.69 Å². The number of hydrogen-bond acceptors (Lipinski definition) is 3. The lowest BCUT2D eigenvalue weighted by Gasteiger charge is -2.07. The summed E-state index contributed by atoms with van der Waals surface area (Å²) in [4.78, 5) is 3.42. The standard InChI is InChI=1S/C8H7F3N4.ClH/c1-4-2-6(8(9,10)11)14-7-5(12)3-13-15(4)7;/h2-3H,12H2,1H3;1H. The molecule has 2 rings (SSSR count). The van der Waals surface area contributed by atoms with E-state index in [1.807, 2.05) is 0 Å². The molecule has 0 radical (unpaired) electrons. The van der Waals surface area contributed by atoms with Crippen LogP contribution in [0.1, 0.15) is 11.4 Å². The van der Waals surface area contributed by atoms with E-state index in [-0.39, 0.29) is 23.7 Å². The fraction of sp³-hybridized carbons (Fsp3) is 0.250. The van der Waals surface area contributed by atoms with Gasteiger partial charge in [-0.25, -0.2) is 9.50 Å². The molecule has 0 spiro atoms. The van der Waals surface area contributed by atoms with E-state index < -0.39 is 11.9 Å². The zero-order valence-electron chi connectivity index (χ0n) is 8.12. The van der Waals surface area contributed by atoms with Gasteiger partial charge in [0.05, 0.1) is 11.9 Å². The van der Waals surface area contributed by atoms with Gasteiger partial charge < -0.3 is 5.73 Å². The summed E-state index contributed by atoms with van der Waals surface area (Å²) >= 11 is 0. The maximum Gasteiger partial charge on any atom is 0.433 e. The summed E-state index contributed by atoms with van der Waals surface area (Å²) < 4.78 is 38.5. The van der Waals surface area contributed by atoms with Crippen molar-refractivity contribution in [2.45, 2.75) is 13.1 Å². The third-order valence-electron chi connectivity index (χ3n) is 1.97. The van der Waals surface area contributed by atoms with Crippen LogP contribution in [0.5, 0.6) is 0 Å². The number of alkyl halides is 3. The zero-order valence-corrected chi connectivity index (χ0v) is 8.93. The molecule has 0 amide bonds. The van der Waals surface area contributed by atoms with Gasteiger partial charge in [0.1, 0.15) is 5.69 Å². The number of nitrogens with zero attached hydrogens (tertiary/aromatic N) is 3. The zero-order chi connectivity index (χ0) is 11.2. The number of aryl methyl sites for hydroxylation is 1. The van der Waals surface area contributed by atoms with Crippen LogP contribution < -0.4 is 5.73 Å². The van der Waals surface area contributed by atoms with Gasteiger partial charge >= 0.3 is 6.18 Å². The second kappa shape index (κ2) is 3.82. The molecule has 0 aliphatic carbocycles. The number of hydrogen-bond donors (Lipinski definition) is 1. The minimum atomic E-state index is -4.47. The Bertz CT molecular complexity index is 520. The smallest absolute Gasteiger partial charge is 0.394 e. The fourth-order valence-electron chi connectivity index (χ4n) is 1.28. The van der Waals surface area contributed by atoms with Gasteiger partial charge in [-0.2, -0.15) is 18.3 Å². The van der Waals surface area contributed by atoms with Crippen molar-refractivity contribution in [1.82, 2.24) is 14.6 Å². The van der Waals surface area contributed by atoms with E-state index in [9.17, 15) is 13.2 Å². The second-order valence-corrected chi connectivity index (χ2v) is 3.12. The SMILES string of the molecule is Cc1cc(C(F)(F)F)nc2c(N)cnn12.Cl. The summed E-state index contributed by atoms with van der Waals surface area (Å²) in [5.41, 5.74) is 4.98. The highest BCUT2D eigenvalue weighted by atomic mass is 35.5. The molecule has 0 aliphatic heterocycles. The van der Waals surface area contributed by atoms with E-state index >= 15 is 0 Å². The first-order chi connectivity index (χ1) is 6.89. The number of anilines is 1. The first-order valence-electron chi connectivity index (χ1n) is 4.07. The number of aromatic nitrogens is 3. The molecule has 4 nitrogen and oxygen atoms in total. The van der Waals surface area contributed by atoms with Gasteiger partial charge in [-0.3, -0.25) is 0 Å². The van der Waals surface area contributed by atoms with Gasteiger partial charge in [0.15, 0.2) is 5.65 Å². The molecular formula is C8H8ClF3N4. The van der Waals surface area contributed by atoms with Crippen molar-refractivity contribution in [2.75, 3.05) is 5.73 Å². The van der Waals surface area contributed by atoms with E-state index in [4.69, 9.17) is 5.73 Å². The molecule has 0 saturated heterocycles. The number of nitrogens with two attached hydrogens (primary N) is 1. The van der Waals surface area contributed by atoms with Gasteiger partial charge in [-0.15, -0.1) is 12.4 Å². The lowest BCUT2D eigenvalue weighted by atomic mass is 10.3. The van der Waals surface area contributed by atoms with Crippen LogP contribution in [0.2, 0.25) is 0 Å². The third-order valence-corrected chi connectivity index (χ3v) is 1.97. The van der Waals surface area contributed by atoms with Crippen molar-refractivity contribution >= 4 is 23.7 Å². The maximum atomic E-state index is 12.4. The van der Waals surface area contributed by atoms with Crippen molar-refractivity contribution in [3.8, 4) is 0 Å². The predicted octanol–water partition coefficient (Wildman–Crippen LogP) is 2.06. The molecule has 0 aromatic carbocycles. The van der Waals surface area contributed by atoms with Crippen LogP contribution in [0.4, 0.5) is 18.9 Å². The van der Waals surface area contributed by atoms with Gasteiger partial charge in [-0.05, 0) is 13.0 Å². The molecule has 2 N–H and O–H groups in total. The van der Waals surface area contributed by atoms with E-state index in [0.29, 0.717) is 5.69 Å². The minimum absolute atomic E-state index is 0. The van der Waals surface area contributed by atoms with E-state index in [2.05, 4.69) is 10.1 Å². The molecule has 16 heavy (non-hydrogen) atoms. The average molecular weight is 253 g/mol. The maximum absolute atomic E-state index is 12.4. The minimum Gasteiger partial charge on any atom is -0.394 e. The van der Waals surface area contributed by atoms with Crippen LogP contribution in [0, 0.1) is 6.92 Å². The van der Waals surface area contributed by atoms with Gasteiger partial charge in [0.25, 0.3) is 0 Å². The number of rotatable bonds is 0. The summed E-state index contributed by atoms with van der Waals surface area (Å²) in [6.07, 6.45) is -3.20. The summed E-state index contributed by atoms with van der Waals surface area (Å²) in [7, 11) is 0. The second-order valence-electron chi connectivity index (χ2n) is 3.12. The molecule has 8 heteroatoms. The highest BCUT2D eigenvalue weighted by Gasteiger charge is 2.33. The monoisotopic (exact) mass is 252 g/mol. The highest BCUT2D eigenvalue weighted by Crippen LogP contribution is 2.29. The normalized spacial score (nSPS) is 11.5. The van der Waals surface area contributed by atoms with Gasteiger partial charge in [0.2, 0.25) is 0 Å². The summed E-state index contributed by atoms with van der Waals surface area (Å²) in [5, 5.41) is 3.80. The summed E-state index contributed by atoms with van der Waals surface area (Å²) in [6.45, 7) is 1.51. The van der Waals surface area contributed by atoms with E-state index in [1.54, 1.807) is 0 Å². The van der Waals surface area contributed by atoms with Crippen LogP contribution in [-0.4, -0.2) is 14.6 Å². The fourth-order valence-corrected chi connectivity index (χ4v) is 1.28. The predicted molar refractivity (Wildman–Crippen MR) is 54.4 cm³/mol. The Labute approximate surface area is 94.7 Å². The summed E-state index contributed by atoms with van der Waals surface area (Å²) in [6, 6.07) is 0.930. The molecule has 0 atom stereocenters. The Hall–Kier alpha value is -1.50. The van der Waals surface area contributed by atoms with Crippen molar-refractivity contribution in [3.05, 3.63) is 23.7 Å². The van der Waals surface area contributed by atoms with E-state index in [1.165, 1.54) is 17.6 Å². The molecule has 0 aliphatic rings. The Morgan fingerprint density at radius 1 is 1.38 bits per heavy atom. The Morgan fingerprint density at radius 3 is 2.56 bits per heavy atom. The third kappa shape index (κ3) is 1.90. The molecule has 0 bridgehead atoms. The molecule has 0 unspecified atom stereocenters. The first kappa shape index (κ1) is 12.6. The Balaban J connectivity index is 0.00000128. The molecular weight excluding hydrogens is 245 g/mol. The molecule has 2 aromatic rings. The number of nitrogen functional groups attached to an aromatic ring is 1. The van der Waals surface area contributed by atoms with Crippen molar-refractivity contribution in [3.63, 3.8) is 0 Å². The largest absolute Gasteiger partial charge is 0.433 e. The molecule has 88 valence electrons. The first-order valence-corrected chi connectivity index (χ1v) is 4.07. The Kier molecular flexibility index (Phi) is 3.00. The van der Waals surface area contributed by atoms with Crippen molar-refractivity contribution in [1.29, 1.82) is 0 Å². The van der Waals surface area contributed by atoms with Crippen molar-refractivity contribution < 1.29 is 13.2 Å². The van der Waals surface area contributed by atoms with Crippen LogP contribution in [0.25, 0.3) is 5.65 Å². The topological polar surface area (TPSA) is 56.2 Å². The van der Waals surface area contributed by atoms with Crippen LogP contribution in [0.3, 0.4) is 0 Å². The average Bonchev–Trinajstić information content (AvgIpc) is 2.47. The van der Waals surface area contributed by atoms with Crippen LogP contribution in [0.15, 0.2) is 12.3 Å². The lowest BCUT2D eigenvalue weighted by Crippen LogP contribution is -2.11. The Morgan fingerprint density at radius 2 is 2.00 bits per heavy atom. The molecule has 0 fully saturated rings. The molecule has 2 aromatic heterocycles. The van der Waals surface area contributed by atoms with Gasteiger partial charge in [-0.1, -0.05) is 0 Å². The lowest BCUT2D eigenvalue weighted by molar-refractivity contribution is -0.141. The number of halogens is 4. The van der Waals surface area contributed by atoms with Crippen LogP contribution >= 0.6 is 12.4 Å². The molecule has 2 heterocycles.